The van der Waals surface area contributed by atoms with Crippen molar-refractivity contribution >= 4 is 23.8 Å². The van der Waals surface area contributed by atoms with Gasteiger partial charge in [0.1, 0.15) is 0 Å². The molecule has 0 N–H and O–H groups in total. The summed E-state index contributed by atoms with van der Waals surface area (Å²) in [5.41, 5.74) is -0.570. The van der Waals surface area contributed by atoms with Gasteiger partial charge < -0.3 is 9.57 Å². The number of rotatable bonds is 5. The van der Waals surface area contributed by atoms with Crippen LogP contribution in [0, 0.1) is 17.3 Å². The molecule has 1 heterocycles. The Hall–Kier alpha value is -2.70. The Morgan fingerprint density at radius 1 is 1.20 bits per heavy atom. The van der Waals surface area contributed by atoms with Crippen molar-refractivity contribution in [3.05, 3.63) is 35.4 Å². The number of esters is 1. The van der Waals surface area contributed by atoms with Gasteiger partial charge in [-0.05, 0) is 31.4 Å². The van der Waals surface area contributed by atoms with Crippen LogP contribution in [0.4, 0.5) is 0 Å². The molecule has 0 saturated heterocycles. The number of nitrogens with zero attached hydrogens (tertiary/aromatic N) is 1. The molecule has 7 heteroatoms. The first kappa shape index (κ1) is 17.1. The van der Waals surface area contributed by atoms with Crippen LogP contribution in [-0.2, 0) is 19.2 Å². The van der Waals surface area contributed by atoms with E-state index in [4.69, 9.17) is 9.57 Å². The average Bonchev–Trinajstić information content (AvgIpc) is 3.31. The lowest BCUT2D eigenvalue weighted by Crippen LogP contribution is -2.35. The molecule has 2 aliphatic rings. The molecule has 1 fully saturated rings. The van der Waals surface area contributed by atoms with E-state index in [0.717, 1.165) is 0 Å². The van der Waals surface area contributed by atoms with Crippen LogP contribution < -0.4 is 0 Å². The maximum absolute atomic E-state index is 12.5. The molecule has 3 rings (SSSR count). The molecule has 1 aliphatic heterocycles. The molecule has 1 aliphatic carbocycles. The Balaban J connectivity index is 1.75. The molecule has 1 saturated carbocycles. The normalized spacial score (nSPS) is 24.3. The van der Waals surface area contributed by atoms with Crippen molar-refractivity contribution in [2.45, 2.75) is 27.2 Å². The minimum atomic E-state index is -0.953. The van der Waals surface area contributed by atoms with Gasteiger partial charge in [0.25, 0.3) is 11.8 Å². The number of fused-ring (bicyclic) bond motifs is 1. The van der Waals surface area contributed by atoms with Gasteiger partial charge in [-0.3, -0.25) is 14.4 Å². The highest BCUT2D eigenvalue weighted by atomic mass is 16.7. The lowest BCUT2D eigenvalue weighted by atomic mass is 9.90. The Kier molecular flexibility index (Phi) is 4.10. The number of hydroxylamine groups is 2. The van der Waals surface area contributed by atoms with Crippen LogP contribution in [0.15, 0.2) is 24.3 Å². The summed E-state index contributed by atoms with van der Waals surface area (Å²) in [5, 5.41) is 0.474. The summed E-state index contributed by atoms with van der Waals surface area (Å²) in [6.07, 6.45) is 0.283. The molecule has 0 unspecified atom stereocenters. The molecule has 7 nitrogen and oxygen atoms in total. The topological polar surface area (TPSA) is 90.0 Å². The molecule has 0 spiro atoms. The number of hydrogen-bond donors (Lipinski definition) is 0. The smallest absolute Gasteiger partial charge is 0.337 e. The average molecular weight is 345 g/mol. The standard InChI is InChI=1S/C18H19NO6/c1-4-24-17(23)18(10(2)3)9-13(18)16(22)25-19-14(20)11-7-5-6-8-12(11)15(19)21/h5-8,10,13H,4,9H2,1-3H3/t13-,18+/m1/s1. The van der Waals surface area contributed by atoms with E-state index in [1.54, 1.807) is 19.1 Å². The molecule has 0 radical (unpaired) electrons. The van der Waals surface area contributed by atoms with Gasteiger partial charge in [-0.2, -0.15) is 0 Å². The van der Waals surface area contributed by atoms with E-state index in [2.05, 4.69) is 0 Å². The molecule has 1 aromatic carbocycles. The monoisotopic (exact) mass is 345 g/mol. The minimum absolute atomic E-state index is 0.133. The van der Waals surface area contributed by atoms with Crippen LogP contribution in [0.25, 0.3) is 0 Å². The highest BCUT2D eigenvalue weighted by molar-refractivity contribution is 6.21. The van der Waals surface area contributed by atoms with E-state index in [0.29, 0.717) is 5.06 Å². The fourth-order valence-electron chi connectivity index (χ4n) is 3.34. The van der Waals surface area contributed by atoms with Crippen molar-refractivity contribution < 1.29 is 28.8 Å². The number of amides is 2. The molecule has 2 amide bonds. The Morgan fingerprint density at radius 3 is 2.24 bits per heavy atom. The molecular weight excluding hydrogens is 326 g/mol. The fourth-order valence-corrected chi connectivity index (χ4v) is 3.34. The first-order chi connectivity index (χ1) is 11.8. The highest BCUT2D eigenvalue weighted by Crippen LogP contribution is 2.59. The Labute approximate surface area is 144 Å². The second-order valence-corrected chi connectivity index (χ2v) is 6.53. The summed E-state index contributed by atoms with van der Waals surface area (Å²) in [6.45, 7) is 5.56. The van der Waals surface area contributed by atoms with Crippen LogP contribution in [0.1, 0.15) is 47.9 Å². The van der Waals surface area contributed by atoms with Crippen LogP contribution in [0.3, 0.4) is 0 Å². The zero-order chi connectivity index (χ0) is 18.4. The second-order valence-electron chi connectivity index (χ2n) is 6.53. The number of carbonyl (C=O) groups excluding carboxylic acids is 4. The van der Waals surface area contributed by atoms with Crippen molar-refractivity contribution in [3.63, 3.8) is 0 Å². The zero-order valence-electron chi connectivity index (χ0n) is 14.3. The van der Waals surface area contributed by atoms with E-state index in [1.807, 2.05) is 13.8 Å². The maximum Gasteiger partial charge on any atom is 0.337 e. The first-order valence-corrected chi connectivity index (χ1v) is 8.21. The number of hydrogen-bond acceptors (Lipinski definition) is 6. The molecule has 1 aromatic rings. The lowest BCUT2D eigenvalue weighted by Gasteiger charge is -2.20. The van der Waals surface area contributed by atoms with E-state index in [-0.39, 0.29) is 30.1 Å². The Bertz CT molecular complexity index is 736. The maximum atomic E-state index is 12.5. The molecule has 0 bridgehead atoms. The molecule has 132 valence electrons. The van der Waals surface area contributed by atoms with Gasteiger partial charge in [-0.15, -0.1) is 0 Å². The number of imide groups is 1. The van der Waals surface area contributed by atoms with Crippen molar-refractivity contribution in [2.75, 3.05) is 6.61 Å². The Morgan fingerprint density at radius 2 is 1.76 bits per heavy atom. The molecular formula is C18H19NO6. The third kappa shape index (κ3) is 2.50. The summed E-state index contributed by atoms with van der Waals surface area (Å²) < 4.78 is 5.08. The van der Waals surface area contributed by atoms with Gasteiger partial charge in [0, 0.05) is 0 Å². The third-order valence-corrected chi connectivity index (χ3v) is 4.91. The van der Waals surface area contributed by atoms with E-state index >= 15 is 0 Å². The molecule has 2 atom stereocenters. The van der Waals surface area contributed by atoms with Crippen molar-refractivity contribution in [1.82, 2.24) is 5.06 Å². The van der Waals surface area contributed by atoms with Crippen LogP contribution in [-0.4, -0.2) is 35.4 Å². The quantitative estimate of drug-likeness (QED) is 0.599. The predicted molar refractivity (Wildman–Crippen MR) is 85.0 cm³/mol. The summed E-state index contributed by atoms with van der Waals surface area (Å²) in [7, 11) is 0. The van der Waals surface area contributed by atoms with Gasteiger partial charge in [-0.25, -0.2) is 4.79 Å². The van der Waals surface area contributed by atoms with Gasteiger partial charge in [0.05, 0.1) is 29.1 Å². The fraction of sp³-hybridized carbons (Fsp3) is 0.444. The SMILES string of the molecule is CCOC(=O)[C@]1(C(C)C)C[C@@H]1C(=O)ON1C(=O)c2ccccc2C1=O. The highest BCUT2D eigenvalue weighted by Gasteiger charge is 2.67. The lowest BCUT2D eigenvalue weighted by molar-refractivity contribution is -0.174. The van der Waals surface area contributed by atoms with Crippen LogP contribution >= 0.6 is 0 Å². The molecule has 0 aromatic heterocycles. The van der Waals surface area contributed by atoms with E-state index in [1.165, 1.54) is 12.1 Å². The van der Waals surface area contributed by atoms with Crippen molar-refractivity contribution in [2.24, 2.45) is 17.3 Å². The van der Waals surface area contributed by atoms with Gasteiger partial charge >= 0.3 is 11.9 Å². The summed E-state index contributed by atoms with van der Waals surface area (Å²) in [6, 6.07) is 6.25. The van der Waals surface area contributed by atoms with E-state index in [9.17, 15) is 19.2 Å². The summed E-state index contributed by atoms with van der Waals surface area (Å²) >= 11 is 0. The number of ether oxygens (including phenoxy) is 1. The minimum Gasteiger partial charge on any atom is -0.466 e. The summed E-state index contributed by atoms with van der Waals surface area (Å²) in [5.74, 6) is -3.44. The van der Waals surface area contributed by atoms with Crippen molar-refractivity contribution in [3.8, 4) is 0 Å². The van der Waals surface area contributed by atoms with Crippen LogP contribution in [0.5, 0.6) is 0 Å². The second kappa shape index (κ2) is 5.98. The molecule has 25 heavy (non-hydrogen) atoms. The first-order valence-electron chi connectivity index (χ1n) is 8.21. The zero-order valence-corrected chi connectivity index (χ0v) is 14.3. The number of carbonyl (C=O) groups is 4. The van der Waals surface area contributed by atoms with Crippen molar-refractivity contribution in [1.29, 1.82) is 0 Å². The van der Waals surface area contributed by atoms with Crippen LogP contribution in [0.2, 0.25) is 0 Å². The van der Waals surface area contributed by atoms with E-state index < -0.39 is 35.1 Å². The van der Waals surface area contributed by atoms with Gasteiger partial charge in [0.15, 0.2) is 0 Å². The third-order valence-electron chi connectivity index (χ3n) is 4.91. The largest absolute Gasteiger partial charge is 0.466 e. The predicted octanol–water partition coefficient (Wildman–Crippen LogP) is 1.97. The summed E-state index contributed by atoms with van der Waals surface area (Å²) in [4.78, 5) is 54.3. The van der Waals surface area contributed by atoms with Gasteiger partial charge in [0.2, 0.25) is 0 Å². The number of benzene rings is 1. The van der Waals surface area contributed by atoms with Gasteiger partial charge in [-0.1, -0.05) is 31.0 Å².